The number of nitrogens with one attached hydrogen (secondary N) is 3. The van der Waals surface area contributed by atoms with Crippen LogP contribution in [0.25, 0.3) is 0 Å². The number of rotatable bonds is 8. The van der Waals surface area contributed by atoms with Gasteiger partial charge in [0.1, 0.15) is 5.69 Å². The molecule has 0 aromatic heterocycles. The lowest BCUT2D eigenvalue weighted by Gasteiger charge is -2.30. The van der Waals surface area contributed by atoms with Gasteiger partial charge in [0.05, 0.1) is 6.07 Å². The van der Waals surface area contributed by atoms with E-state index in [4.69, 9.17) is 5.21 Å². The second-order valence-electron chi connectivity index (χ2n) is 6.85. The van der Waals surface area contributed by atoms with Crippen molar-refractivity contribution in [1.29, 1.82) is 0 Å². The summed E-state index contributed by atoms with van der Waals surface area (Å²) in [4.78, 5) is 0. The van der Waals surface area contributed by atoms with E-state index in [9.17, 15) is 15.6 Å². The lowest BCUT2D eigenvalue weighted by atomic mass is 9.76. The molecule has 26 heavy (non-hydrogen) atoms. The number of benzene rings is 1. The Morgan fingerprint density at radius 2 is 1.88 bits per heavy atom. The first-order valence-corrected chi connectivity index (χ1v) is 9.41. The number of hydrazone groups is 1. The number of anilines is 1. The van der Waals surface area contributed by atoms with E-state index in [0.717, 1.165) is 24.6 Å². The maximum Gasteiger partial charge on any atom is 0.195 e. The number of hydrogen-bond donors (Lipinski definition) is 5. The molecule has 1 aliphatic carbocycles. The third kappa shape index (κ3) is 5.23. The van der Waals surface area contributed by atoms with Crippen molar-refractivity contribution in [3.8, 4) is 0 Å². The molecule has 3 atom stereocenters. The minimum absolute atomic E-state index is 0.0544. The van der Waals surface area contributed by atoms with Crippen molar-refractivity contribution < 1.29 is 20.9 Å². The normalized spacial score (nSPS) is 19.8. The first-order valence-electron chi connectivity index (χ1n) is 9.41. The summed E-state index contributed by atoms with van der Waals surface area (Å²) in [6, 6.07) is 4.01. The summed E-state index contributed by atoms with van der Waals surface area (Å²) in [5.74, 6) is 1.04. The van der Waals surface area contributed by atoms with Crippen LogP contribution in [0.1, 0.15) is 58.8 Å². The van der Waals surface area contributed by atoms with Crippen molar-refractivity contribution in [3.63, 3.8) is 0 Å². The molecular formula is C18H30N4O4. The monoisotopic (exact) mass is 366 g/mol. The van der Waals surface area contributed by atoms with E-state index < -0.39 is 10.5 Å². The van der Waals surface area contributed by atoms with Crippen molar-refractivity contribution >= 4 is 22.8 Å². The molecule has 5 N–H and O–H groups in total. The van der Waals surface area contributed by atoms with E-state index in [1.807, 2.05) is 0 Å². The van der Waals surface area contributed by atoms with E-state index in [2.05, 4.69) is 24.4 Å². The molecule has 0 radical (unpaired) electrons. The highest BCUT2D eigenvalue weighted by Gasteiger charge is 2.26. The molecular weight excluding hydrogens is 336 g/mol. The van der Waals surface area contributed by atoms with Gasteiger partial charge in [-0.05, 0) is 37.7 Å². The Bertz CT molecular complexity index is 601. The molecule has 2 rings (SSSR count). The summed E-state index contributed by atoms with van der Waals surface area (Å²) < 4.78 is 0. The molecule has 0 saturated heterocycles. The molecule has 0 heterocycles. The van der Waals surface area contributed by atoms with Gasteiger partial charge in [-0.2, -0.15) is 15.6 Å². The summed E-state index contributed by atoms with van der Waals surface area (Å²) in [6.45, 7) is 4.24. The van der Waals surface area contributed by atoms with Crippen LogP contribution in [-0.4, -0.2) is 16.1 Å². The summed E-state index contributed by atoms with van der Waals surface area (Å²) in [5.41, 5.74) is 4.10. The summed E-state index contributed by atoms with van der Waals surface area (Å²) in [7, 11) is 0. The van der Waals surface area contributed by atoms with Crippen LogP contribution < -0.4 is 15.9 Å². The Hall–Kier alpha value is -1.55. The molecule has 0 amide bonds. The minimum atomic E-state index is -1.18. The molecule has 146 valence electrons. The van der Waals surface area contributed by atoms with Crippen molar-refractivity contribution in [2.45, 2.75) is 58.8 Å². The van der Waals surface area contributed by atoms with Crippen LogP contribution in [-0.2, 0) is 0 Å². The van der Waals surface area contributed by atoms with Crippen molar-refractivity contribution in [1.82, 2.24) is 0 Å². The molecule has 1 aliphatic rings. The van der Waals surface area contributed by atoms with E-state index in [0.29, 0.717) is 17.5 Å². The number of nitrogens with zero attached hydrogens (tertiary/aromatic N) is 1. The summed E-state index contributed by atoms with van der Waals surface area (Å²) >= 11 is 0. The molecule has 0 aliphatic heterocycles. The van der Waals surface area contributed by atoms with Gasteiger partial charge in [-0.25, -0.2) is 10.4 Å². The lowest BCUT2D eigenvalue weighted by Crippen LogP contribution is -3.00. The molecule has 8 nitrogen and oxygen atoms in total. The van der Waals surface area contributed by atoms with Gasteiger partial charge in [-0.3, -0.25) is 5.43 Å². The van der Waals surface area contributed by atoms with Gasteiger partial charge >= 0.3 is 0 Å². The molecule has 2 unspecified atom stereocenters. The zero-order chi connectivity index (χ0) is 19.1. The highest BCUT2D eigenvalue weighted by atomic mass is 16.8. The Labute approximate surface area is 154 Å². The quantitative estimate of drug-likeness (QED) is 0.357. The van der Waals surface area contributed by atoms with E-state index in [1.165, 1.54) is 44.2 Å². The van der Waals surface area contributed by atoms with Crippen LogP contribution in [0.4, 0.5) is 17.1 Å². The molecule has 8 heteroatoms. The Morgan fingerprint density at radius 1 is 1.19 bits per heavy atom. The Morgan fingerprint density at radius 3 is 2.42 bits per heavy atom. The predicted octanol–water partition coefficient (Wildman–Crippen LogP) is 2.28. The SMILES string of the molecule is CCC(=NNc1ccc([NH+]([O-])O)cc1[NH+]([O-])O)[C@H](CC)C1CCCCC1. The molecule has 0 spiro atoms. The predicted molar refractivity (Wildman–Crippen MR) is 99.7 cm³/mol. The summed E-state index contributed by atoms with van der Waals surface area (Å²) in [5, 5.41) is 43.1. The second-order valence-corrected chi connectivity index (χ2v) is 6.85. The highest BCUT2D eigenvalue weighted by molar-refractivity contribution is 5.87. The van der Waals surface area contributed by atoms with Gasteiger partial charge < -0.3 is 10.4 Å². The van der Waals surface area contributed by atoms with Gasteiger partial charge in [-0.1, -0.05) is 33.1 Å². The molecule has 0 bridgehead atoms. The number of hydrogen-bond acceptors (Lipinski definition) is 6. The molecule has 1 fully saturated rings. The average Bonchev–Trinajstić information content (AvgIpc) is 2.65. The molecule has 1 aromatic carbocycles. The van der Waals surface area contributed by atoms with Crippen LogP contribution >= 0.6 is 0 Å². The minimum Gasteiger partial charge on any atom is -0.595 e. The van der Waals surface area contributed by atoms with Crippen LogP contribution in [0, 0.1) is 22.3 Å². The molecule has 1 aromatic rings. The van der Waals surface area contributed by atoms with Gasteiger partial charge in [0.25, 0.3) is 0 Å². The Balaban J connectivity index is 2.21. The summed E-state index contributed by atoms with van der Waals surface area (Å²) in [6.07, 6.45) is 8.12. The van der Waals surface area contributed by atoms with Crippen LogP contribution in [0.5, 0.6) is 0 Å². The van der Waals surface area contributed by atoms with Gasteiger partial charge in [0.2, 0.25) is 0 Å². The fraction of sp³-hybridized carbons (Fsp3) is 0.611. The highest BCUT2D eigenvalue weighted by Crippen LogP contribution is 2.33. The van der Waals surface area contributed by atoms with Crippen molar-refractivity contribution in [2.75, 3.05) is 5.43 Å². The third-order valence-electron chi connectivity index (χ3n) is 5.27. The molecule has 1 saturated carbocycles. The van der Waals surface area contributed by atoms with E-state index in [1.54, 1.807) is 0 Å². The standard InChI is InChI=1S/C18H30N4O4/c1-3-15(13-8-6-5-7-9-13)16(4-2)19-20-17-11-10-14(21(23)24)12-18(17)22(25)26/h10-13,15,20-23,25H,3-9H2,1-2H3/t15-/m1/s1. The van der Waals surface area contributed by atoms with Gasteiger partial charge in [0, 0.05) is 17.7 Å². The lowest BCUT2D eigenvalue weighted by molar-refractivity contribution is -0.996. The van der Waals surface area contributed by atoms with Crippen LogP contribution in [0.3, 0.4) is 0 Å². The Kier molecular flexibility index (Phi) is 7.95. The maximum atomic E-state index is 11.5. The fourth-order valence-electron chi connectivity index (χ4n) is 3.89. The first-order chi connectivity index (χ1) is 12.5. The smallest absolute Gasteiger partial charge is 0.195 e. The van der Waals surface area contributed by atoms with Crippen molar-refractivity contribution in [3.05, 3.63) is 28.6 Å². The van der Waals surface area contributed by atoms with Gasteiger partial charge in [0.15, 0.2) is 11.4 Å². The topological polar surface area (TPSA) is 120 Å². The van der Waals surface area contributed by atoms with Crippen molar-refractivity contribution in [2.24, 2.45) is 16.9 Å². The number of quaternary nitrogens is 2. The largest absolute Gasteiger partial charge is 0.595 e. The third-order valence-corrected chi connectivity index (χ3v) is 5.27. The van der Waals surface area contributed by atoms with Gasteiger partial charge in [-0.15, -0.1) is 0 Å². The van der Waals surface area contributed by atoms with E-state index >= 15 is 0 Å². The second kappa shape index (κ2) is 9.96. The first kappa shape index (κ1) is 20.8. The fourth-order valence-corrected chi connectivity index (χ4v) is 3.89. The average molecular weight is 366 g/mol. The zero-order valence-corrected chi connectivity index (χ0v) is 15.5. The maximum absolute atomic E-state index is 11.5. The van der Waals surface area contributed by atoms with E-state index in [-0.39, 0.29) is 11.4 Å². The van der Waals surface area contributed by atoms with Crippen LogP contribution in [0.15, 0.2) is 23.3 Å². The zero-order valence-electron chi connectivity index (χ0n) is 15.5. The van der Waals surface area contributed by atoms with Crippen LogP contribution in [0.2, 0.25) is 0 Å².